The molecule has 174 valence electrons. The van der Waals surface area contributed by atoms with Crippen LogP contribution >= 0.6 is 23.1 Å². The van der Waals surface area contributed by atoms with Crippen LogP contribution in [0.2, 0.25) is 0 Å². The fourth-order valence-corrected chi connectivity index (χ4v) is 5.21. The van der Waals surface area contributed by atoms with Gasteiger partial charge in [0, 0.05) is 22.9 Å². The number of para-hydroxylation sites is 1. The molecule has 0 atom stereocenters. The van der Waals surface area contributed by atoms with Crippen LogP contribution in [0.3, 0.4) is 0 Å². The standard InChI is InChI=1S/C25H23N3O4S2/c1-30-20-13-22(32-3)21(31-2)12-18(20)14-26-28-24(29)17-10-8-16(9-11-17)15-33-25-27-19-6-4-5-7-23(19)34-25/h4-14H,15H2,1-3H3,(H,28,29). The van der Waals surface area contributed by atoms with E-state index in [9.17, 15) is 4.79 Å². The minimum absolute atomic E-state index is 0.305. The number of thiazole rings is 1. The van der Waals surface area contributed by atoms with Crippen molar-refractivity contribution >= 4 is 45.4 Å². The average Bonchev–Trinajstić information content (AvgIpc) is 3.30. The molecule has 34 heavy (non-hydrogen) atoms. The molecular formula is C25H23N3O4S2. The highest BCUT2D eigenvalue weighted by molar-refractivity contribution is 8.00. The minimum Gasteiger partial charge on any atom is -0.496 e. The Morgan fingerprint density at radius 2 is 1.71 bits per heavy atom. The Hall–Kier alpha value is -3.56. The van der Waals surface area contributed by atoms with Crippen molar-refractivity contribution in [3.05, 3.63) is 77.4 Å². The van der Waals surface area contributed by atoms with E-state index in [2.05, 4.69) is 21.6 Å². The van der Waals surface area contributed by atoms with E-state index in [-0.39, 0.29) is 5.91 Å². The van der Waals surface area contributed by atoms with Gasteiger partial charge in [-0.3, -0.25) is 4.79 Å². The van der Waals surface area contributed by atoms with E-state index in [1.54, 1.807) is 68.7 Å². The molecular weight excluding hydrogens is 470 g/mol. The highest BCUT2D eigenvalue weighted by atomic mass is 32.2. The van der Waals surface area contributed by atoms with Gasteiger partial charge in [0.1, 0.15) is 5.75 Å². The summed E-state index contributed by atoms with van der Waals surface area (Å²) >= 11 is 3.37. The van der Waals surface area contributed by atoms with Gasteiger partial charge in [0.2, 0.25) is 0 Å². The Morgan fingerprint density at radius 1 is 1.00 bits per heavy atom. The van der Waals surface area contributed by atoms with Crippen LogP contribution in [0.5, 0.6) is 17.2 Å². The molecule has 9 heteroatoms. The normalized spacial score (nSPS) is 11.0. The van der Waals surface area contributed by atoms with E-state index in [4.69, 9.17) is 14.2 Å². The number of nitrogens with one attached hydrogen (secondary N) is 1. The highest BCUT2D eigenvalue weighted by Gasteiger charge is 2.11. The predicted octanol–water partition coefficient (Wildman–Crippen LogP) is 5.38. The van der Waals surface area contributed by atoms with Gasteiger partial charge in [0.15, 0.2) is 15.8 Å². The number of benzene rings is 3. The van der Waals surface area contributed by atoms with Gasteiger partial charge in [-0.1, -0.05) is 36.0 Å². The number of methoxy groups -OCH3 is 3. The SMILES string of the molecule is COc1cc(OC)c(OC)cc1C=NNC(=O)c1ccc(CSc2nc3ccccc3s2)cc1. The topological polar surface area (TPSA) is 82.0 Å². The number of ether oxygens (including phenoxy) is 3. The number of hydrogen-bond donors (Lipinski definition) is 1. The summed E-state index contributed by atoms with van der Waals surface area (Å²) in [5, 5.41) is 4.06. The van der Waals surface area contributed by atoms with Gasteiger partial charge in [0.05, 0.1) is 37.8 Å². The summed E-state index contributed by atoms with van der Waals surface area (Å²) in [6, 6.07) is 19.0. The van der Waals surface area contributed by atoms with Crippen molar-refractivity contribution in [2.45, 2.75) is 10.1 Å². The smallest absolute Gasteiger partial charge is 0.271 e. The molecule has 0 fully saturated rings. The Balaban J connectivity index is 1.36. The Morgan fingerprint density at radius 3 is 2.41 bits per heavy atom. The number of nitrogens with zero attached hydrogens (tertiary/aromatic N) is 2. The zero-order valence-corrected chi connectivity index (χ0v) is 20.5. The largest absolute Gasteiger partial charge is 0.496 e. The molecule has 0 spiro atoms. The number of aromatic nitrogens is 1. The number of rotatable bonds is 9. The second kappa shape index (κ2) is 11.0. The molecule has 0 aliphatic heterocycles. The second-order valence-electron chi connectivity index (χ2n) is 7.08. The first kappa shape index (κ1) is 23.6. The van der Waals surface area contributed by atoms with Crippen molar-refractivity contribution in [1.29, 1.82) is 0 Å². The zero-order valence-electron chi connectivity index (χ0n) is 18.9. The molecule has 1 aromatic heterocycles. The van der Waals surface area contributed by atoms with E-state index in [1.165, 1.54) is 10.9 Å². The monoisotopic (exact) mass is 493 g/mol. The van der Waals surface area contributed by atoms with Crippen molar-refractivity contribution in [3.8, 4) is 17.2 Å². The predicted molar refractivity (Wildman–Crippen MR) is 137 cm³/mol. The van der Waals surface area contributed by atoms with Crippen LogP contribution in [0.25, 0.3) is 10.2 Å². The van der Waals surface area contributed by atoms with Crippen molar-refractivity contribution in [2.24, 2.45) is 5.10 Å². The van der Waals surface area contributed by atoms with Crippen LogP contribution in [-0.2, 0) is 5.75 Å². The number of fused-ring (bicyclic) bond motifs is 1. The molecule has 0 saturated heterocycles. The van der Waals surface area contributed by atoms with Gasteiger partial charge in [-0.2, -0.15) is 5.10 Å². The van der Waals surface area contributed by atoms with Crippen molar-refractivity contribution < 1.29 is 19.0 Å². The lowest BCUT2D eigenvalue weighted by Gasteiger charge is -2.11. The minimum atomic E-state index is -0.305. The molecule has 7 nitrogen and oxygen atoms in total. The van der Waals surface area contributed by atoms with Gasteiger partial charge in [-0.05, 0) is 35.9 Å². The van der Waals surface area contributed by atoms with E-state index in [0.717, 1.165) is 21.2 Å². The lowest BCUT2D eigenvalue weighted by Crippen LogP contribution is -2.17. The fourth-order valence-electron chi connectivity index (χ4n) is 3.19. The summed E-state index contributed by atoms with van der Waals surface area (Å²) < 4.78 is 18.2. The summed E-state index contributed by atoms with van der Waals surface area (Å²) in [6.07, 6.45) is 1.50. The molecule has 1 N–H and O–H groups in total. The van der Waals surface area contributed by atoms with Crippen LogP contribution < -0.4 is 19.6 Å². The summed E-state index contributed by atoms with van der Waals surface area (Å²) in [5.74, 6) is 2.10. The Bertz CT molecular complexity index is 1290. The molecule has 0 saturated carbocycles. The molecule has 3 aromatic carbocycles. The molecule has 0 radical (unpaired) electrons. The van der Waals surface area contributed by atoms with Gasteiger partial charge in [0.25, 0.3) is 5.91 Å². The maximum Gasteiger partial charge on any atom is 0.271 e. The molecule has 0 aliphatic carbocycles. The van der Waals surface area contributed by atoms with E-state index < -0.39 is 0 Å². The van der Waals surface area contributed by atoms with Crippen LogP contribution in [0, 0.1) is 0 Å². The third-order valence-corrected chi connectivity index (χ3v) is 7.21. The quantitative estimate of drug-likeness (QED) is 0.192. The van der Waals surface area contributed by atoms with Crippen molar-refractivity contribution in [2.75, 3.05) is 21.3 Å². The maximum absolute atomic E-state index is 12.5. The third kappa shape index (κ3) is 5.49. The van der Waals surface area contributed by atoms with Gasteiger partial charge < -0.3 is 14.2 Å². The summed E-state index contributed by atoms with van der Waals surface area (Å²) in [4.78, 5) is 17.1. The van der Waals surface area contributed by atoms with Gasteiger partial charge in [-0.25, -0.2) is 10.4 Å². The van der Waals surface area contributed by atoms with Gasteiger partial charge in [-0.15, -0.1) is 11.3 Å². The molecule has 1 amide bonds. The summed E-state index contributed by atoms with van der Waals surface area (Å²) in [6.45, 7) is 0. The summed E-state index contributed by atoms with van der Waals surface area (Å²) in [5.41, 5.74) is 5.84. The highest BCUT2D eigenvalue weighted by Crippen LogP contribution is 2.34. The second-order valence-corrected chi connectivity index (χ2v) is 9.33. The van der Waals surface area contributed by atoms with E-state index in [1.807, 2.05) is 30.3 Å². The third-order valence-electron chi connectivity index (χ3n) is 4.96. The molecule has 4 rings (SSSR count). The molecule has 4 aromatic rings. The van der Waals surface area contributed by atoms with Crippen LogP contribution in [0.15, 0.2) is 70.1 Å². The molecule has 1 heterocycles. The van der Waals surface area contributed by atoms with E-state index in [0.29, 0.717) is 28.4 Å². The average molecular weight is 494 g/mol. The number of thioether (sulfide) groups is 1. The number of amides is 1. The first-order valence-electron chi connectivity index (χ1n) is 10.3. The van der Waals surface area contributed by atoms with Crippen LogP contribution in [0.1, 0.15) is 21.5 Å². The Labute approximate surface area is 205 Å². The first-order chi connectivity index (χ1) is 16.6. The van der Waals surface area contributed by atoms with Crippen LogP contribution in [0.4, 0.5) is 0 Å². The van der Waals surface area contributed by atoms with Gasteiger partial charge >= 0.3 is 0 Å². The van der Waals surface area contributed by atoms with Crippen LogP contribution in [-0.4, -0.2) is 38.4 Å². The lowest BCUT2D eigenvalue weighted by molar-refractivity contribution is 0.0955. The first-order valence-corrected chi connectivity index (χ1v) is 12.1. The number of carbonyl (C=O) groups is 1. The van der Waals surface area contributed by atoms with Crippen molar-refractivity contribution in [3.63, 3.8) is 0 Å². The van der Waals surface area contributed by atoms with Crippen molar-refractivity contribution in [1.82, 2.24) is 10.4 Å². The Kier molecular flexibility index (Phi) is 7.66. The fraction of sp³-hybridized carbons (Fsp3) is 0.160. The summed E-state index contributed by atoms with van der Waals surface area (Å²) in [7, 11) is 4.65. The molecule has 0 unspecified atom stereocenters. The maximum atomic E-state index is 12.5. The lowest BCUT2D eigenvalue weighted by atomic mass is 10.1. The van der Waals surface area contributed by atoms with E-state index >= 15 is 0 Å². The number of hydrazone groups is 1. The molecule has 0 bridgehead atoms. The zero-order chi connectivity index (χ0) is 23.9. The number of carbonyl (C=O) groups excluding carboxylic acids is 1. The number of hydrogen-bond acceptors (Lipinski definition) is 8. The molecule has 0 aliphatic rings.